The maximum Gasteiger partial charge on any atom is 0.104 e. The van der Waals surface area contributed by atoms with Crippen LogP contribution in [0, 0.1) is 0 Å². The lowest BCUT2D eigenvalue weighted by Gasteiger charge is -2.26. The van der Waals surface area contributed by atoms with Crippen LogP contribution < -0.4 is 18.1 Å². The summed E-state index contributed by atoms with van der Waals surface area (Å²) < 4.78 is 0.793. The van der Waals surface area contributed by atoms with E-state index in [9.17, 15) is 5.11 Å². The molecule has 0 aliphatic carbocycles. The molecule has 0 saturated carbocycles. The van der Waals surface area contributed by atoms with E-state index in [1.54, 1.807) is 0 Å². The zero-order valence-electron chi connectivity index (χ0n) is 7.96. The Balaban J connectivity index is -0.000000405. The summed E-state index contributed by atoms with van der Waals surface area (Å²) in [6.07, 6.45) is 0.459. The van der Waals surface area contributed by atoms with E-state index < -0.39 is 0 Å². The van der Waals surface area contributed by atoms with Gasteiger partial charge in [0.05, 0.1) is 21.1 Å². The summed E-state index contributed by atoms with van der Waals surface area (Å²) >= 11 is 0. The van der Waals surface area contributed by atoms with Gasteiger partial charge in [-0.2, -0.15) is 0 Å². The number of nitrogens with two attached hydrogens (primary N) is 1. The Bertz CT molecular complexity index is 95.9. The highest BCUT2D eigenvalue weighted by molar-refractivity contribution is 5.85. The zero-order chi connectivity index (χ0) is 8.20. The van der Waals surface area contributed by atoms with Gasteiger partial charge in [0.15, 0.2) is 0 Å². The molecule has 0 heterocycles. The SMILES string of the molecule is C[N+](C)(C)CC(O)CCN.Cl.[Cl-]. The number of hydrogen-bond donors (Lipinski definition) is 2. The van der Waals surface area contributed by atoms with E-state index in [2.05, 4.69) is 21.1 Å². The Hall–Kier alpha value is 0.460. The van der Waals surface area contributed by atoms with Crippen molar-refractivity contribution in [2.75, 3.05) is 34.2 Å². The molecule has 1 unspecified atom stereocenters. The summed E-state index contributed by atoms with van der Waals surface area (Å²) in [6.45, 7) is 1.35. The van der Waals surface area contributed by atoms with Crippen LogP contribution in [0.3, 0.4) is 0 Å². The maximum atomic E-state index is 9.29. The molecule has 0 saturated heterocycles. The van der Waals surface area contributed by atoms with Crippen LogP contribution in [0.25, 0.3) is 0 Å². The van der Waals surface area contributed by atoms with Crippen LogP contribution in [0.2, 0.25) is 0 Å². The number of hydrogen-bond acceptors (Lipinski definition) is 2. The van der Waals surface area contributed by atoms with Crippen LogP contribution in [-0.2, 0) is 0 Å². The Morgan fingerprint density at radius 1 is 1.33 bits per heavy atom. The molecule has 0 fully saturated rings. The van der Waals surface area contributed by atoms with Gasteiger partial charge in [0.2, 0.25) is 0 Å². The van der Waals surface area contributed by atoms with Gasteiger partial charge in [0.25, 0.3) is 0 Å². The number of aliphatic hydroxyl groups is 1. The van der Waals surface area contributed by atoms with Gasteiger partial charge < -0.3 is 27.7 Å². The number of quaternary nitrogens is 1. The highest BCUT2D eigenvalue weighted by atomic mass is 35.5. The summed E-state index contributed by atoms with van der Waals surface area (Å²) in [5, 5.41) is 9.29. The fourth-order valence-electron chi connectivity index (χ4n) is 0.916. The topological polar surface area (TPSA) is 46.2 Å². The van der Waals surface area contributed by atoms with Crippen molar-refractivity contribution >= 4 is 12.4 Å². The number of halogens is 2. The van der Waals surface area contributed by atoms with Crippen molar-refractivity contribution in [2.24, 2.45) is 5.73 Å². The maximum absolute atomic E-state index is 9.29. The average molecular weight is 219 g/mol. The largest absolute Gasteiger partial charge is 1.00 e. The molecule has 0 rings (SSSR count). The minimum atomic E-state index is -0.245. The lowest BCUT2D eigenvalue weighted by atomic mass is 10.2. The summed E-state index contributed by atoms with van der Waals surface area (Å²) in [7, 11) is 6.17. The van der Waals surface area contributed by atoms with Crippen LogP contribution in [0.4, 0.5) is 0 Å². The Morgan fingerprint density at radius 2 is 1.75 bits per heavy atom. The molecule has 0 aliphatic heterocycles. The van der Waals surface area contributed by atoms with Gasteiger partial charge in [-0.1, -0.05) is 0 Å². The first-order valence-corrected chi connectivity index (χ1v) is 3.64. The highest BCUT2D eigenvalue weighted by Crippen LogP contribution is 1.97. The highest BCUT2D eigenvalue weighted by Gasteiger charge is 2.13. The first-order chi connectivity index (χ1) is 4.45. The molecule has 78 valence electrons. The van der Waals surface area contributed by atoms with Gasteiger partial charge in [-0.05, 0) is 13.0 Å². The third-order valence-electron chi connectivity index (χ3n) is 1.26. The fourth-order valence-corrected chi connectivity index (χ4v) is 0.916. The molecule has 0 aliphatic rings. The molecule has 5 heteroatoms. The molecule has 0 aromatic heterocycles. The zero-order valence-corrected chi connectivity index (χ0v) is 9.53. The van der Waals surface area contributed by atoms with Gasteiger partial charge in [-0.25, -0.2) is 0 Å². The molecule has 0 aromatic rings. The van der Waals surface area contributed by atoms with Crippen LogP contribution in [0.5, 0.6) is 0 Å². The lowest BCUT2D eigenvalue weighted by Crippen LogP contribution is -3.00. The molecule has 0 spiro atoms. The van der Waals surface area contributed by atoms with E-state index in [1.807, 2.05) is 0 Å². The molecule has 1 atom stereocenters. The van der Waals surface area contributed by atoms with Crippen LogP contribution in [-0.4, -0.2) is 49.9 Å². The fraction of sp³-hybridized carbons (Fsp3) is 1.00. The number of aliphatic hydroxyl groups excluding tert-OH is 1. The predicted octanol–water partition coefficient (Wildman–Crippen LogP) is -3.17. The molecular weight excluding hydrogens is 199 g/mol. The predicted molar refractivity (Wildman–Crippen MR) is 49.8 cm³/mol. The summed E-state index contributed by atoms with van der Waals surface area (Å²) in [5.74, 6) is 0. The number of likely N-dealkylation sites (N-methyl/N-ethyl adjacent to an activating group) is 1. The molecule has 0 amide bonds. The first kappa shape index (κ1) is 18.3. The van der Waals surface area contributed by atoms with E-state index in [1.165, 1.54) is 0 Å². The smallest absolute Gasteiger partial charge is 0.104 e. The number of rotatable bonds is 4. The van der Waals surface area contributed by atoms with Crippen molar-refractivity contribution < 1.29 is 22.0 Å². The molecule has 3 nitrogen and oxygen atoms in total. The second kappa shape index (κ2) is 8.08. The Labute approximate surface area is 87.3 Å². The van der Waals surface area contributed by atoms with Crippen molar-refractivity contribution in [1.29, 1.82) is 0 Å². The molecule has 12 heavy (non-hydrogen) atoms. The summed E-state index contributed by atoms with van der Waals surface area (Å²) in [6, 6.07) is 0. The van der Waals surface area contributed by atoms with Crippen LogP contribution >= 0.6 is 12.4 Å². The Kier molecular flexibility index (Phi) is 12.3. The number of nitrogens with zero attached hydrogens (tertiary/aromatic N) is 1. The summed E-state index contributed by atoms with van der Waals surface area (Å²) in [4.78, 5) is 0. The van der Waals surface area contributed by atoms with Gasteiger partial charge in [-0.3, -0.25) is 0 Å². The van der Waals surface area contributed by atoms with E-state index in [-0.39, 0.29) is 30.9 Å². The quantitative estimate of drug-likeness (QED) is 0.490. The molecular formula is C7H20Cl2N2O. The van der Waals surface area contributed by atoms with E-state index in [4.69, 9.17) is 5.73 Å². The molecule has 0 bridgehead atoms. The van der Waals surface area contributed by atoms with Crippen molar-refractivity contribution in [2.45, 2.75) is 12.5 Å². The van der Waals surface area contributed by atoms with E-state index >= 15 is 0 Å². The van der Waals surface area contributed by atoms with Crippen molar-refractivity contribution in [3.05, 3.63) is 0 Å². The first-order valence-electron chi connectivity index (χ1n) is 3.64. The summed E-state index contributed by atoms with van der Waals surface area (Å²) in [5.41, 5.74) is 5.28. The minimum absolute atomic E-state index is 0. The van der Waals surface area contributed by atoms with E-state index in [0.717, 1.165) is 11.0 Å². The van der Waals surface area contributed by atoms with E-state index in [0.29, 0.717) is 13.0 Å². The monoisotopic (exact) mass is 218 g/mol. The van der Waals surface area contributed by atoms with Crippen LogP contribution in [0.1, 0.15) is 6.42 Å². The second-order valence-electron chi connectivity index (χ2n) is 3.70. The van der Waals surface area contributed by atoms with Gasteiger partial charge in [0.1, 0.15) is 12.6 Å². The standard InChI is InChI=1S/C7H19N2O.2ClH/c1-9(2,3)6-7(10)4-5-8;;/h7,10H,4-6,8H2,1-3H3;2*1H/q+1;;/p-1. The third kappa shape index (κ3) is 13.1. The minimum Gasteiger partial charge on any atom is -1.00 e. The third-order valence-corrected chi connectivity index (χ3v) is 1.26. The van der Waals surface area contributed by atoms with Crippen molar-refractivity contribution in [1.82, 2.24) is 0 Å². The van der Waals surface area contributed by atoms with Gasteiger partial charge in [0, 0.05) is 0 Å². The average Bonchev–Trinajstić information content (AvgIpc) is 1.59. The van der Waals surface area contributed by atoms with Crippen LogP contribution in [0.15, 0.2) is 0 Å². The molecule has 0 radical (unpaired) electrons. The lowest BCUT2D eigenvalue weighted by molar-refractivity contribution is -0.873. The Morgan fingerprint density at radius 3 is 2.00 bits per heavy atom. The molecule has 3 N–H and O–H groups in total. The van der Waals surface area contributed by atoms with Crippen molar-refractivity contribution in [3.8, 4) is 0 Å². The van der Waals surface area contributed by atoms with Crippen molar-refractivity contribution in [3.63, 3.8) is 0 Å². The second-order valence-corrected chi connectivity index (χ2v) is 3.70. The van der Waals surface area contributed by atoms with Gasteiger partial charge >= 0.3 is 0 Å². The van der Waals surface area contributed by atoms with Gasteiger partial charge in [-0.15, -0.1) is 12.4 Å². The normalized spacial score (nSPS) is 12.8. The molecule has 0 aromatic carbocycles.